The minimum absolute atomic E-state index is 0. The van der Waals surface area contributed by atoms with Gasteiger partial charge in [-0.05, 0) is 18.8 Å². The van der Waals surface area contributed by atoms with Crippen LogP contribution in [0.25, 0.3) is 0 Å². The van der Waals surface area contributed by atoms with Crippen LogP contribution in [0.2, 0.25) is 0 Å². The Balaban J connectivity index is 0.00000392. The summed E-state index contributed by atoms with van der Waals surface area (Å²) in [6.07, 6.45) is 5.66. The molecule has 2 heterocycles. The number of halogens is 1. The monoisotopic (exact) mass is 527 g/mol. The molecule has 1 fully saturated rings. The van der Waals surface area contributed by atoms with Gasteiger partial charge in [0, 0.05) is 44.7 Å². The quantitative estimate of drug-likeness (QED) is 0.331. The number of morpholine rings is 1. The third-order valence-corrected chi connectivity index (χ3v) is 5.55. The second-order valence-corrected chi connectivity index (χ2v) is 10.2. The van der Waals surface area contributed by atoms with E-state index in [1.165, 1.54) is 6.26 Å². The number of nitrogens with one attached hydrogen (secondary N) is 1. The predicted molar refractivity (Wildman–Crippen MR) is 123 cm³/mol. The Morgan fingerprint density at radius 3 is 2.75 bits per heavy atom. The van der Waals surface area contributed by atoms with Crippen LogP contribution in [0.1, 0.15) is 38.9 Å². The van der Waals surface area contributed by atoms with Crippen LogP contribution < -0.4 is 5.32 Å². The molecule has 162 valence electrons. The van der Waals surface area contributed by atoms with Crippen molar-refractivity contribution in [3.8, 4) is 0 Å². The molecule has 28 heavy (non-hydrogen) atoms. The number of guanidine groups is 1. The van der Waals surface area contributed by atoms with Crippen LogP contribution in [0.4, 0.5) is 0 Å². The molecule has 0 radical (unpaired) electrons. The molecule has 10 heteroatoms. The maximum atomic E-state index is 11.5. The predicted octanol–water partition coefficient (Wildman–Crippen LogP) is 1.84. The van der Waals surface area contributed by atoms with Crippen LogP contribution in [-0.4, -0.2) is 73.9 Å². The summed E-state index contributed by atoms with van der Waals surface area (Å²) in [6, 6.07) is 0. The molecular formula is C18H34IN5O3S. The van der Waals surface area contributed by atoms with Crippen molar-refractivity contribution in [1.29, 1.82) is 0 Å². The molecule has 1 atom stereocenters. The fraction of sp³-hybridized carbons (Fsp3) is 0.778. The zero-order chi connectivity index (χ0) is 20.1. The minimum atomic E-state index is -2.96. The molecule has 0 aliphatic carbocycles. The van der Waals surface area contributed by atoms with E-state index in [2.05, 4.69) is 29.2 Å². The first-order valence-electron chi connectivity index (χ1n) is 9.41. The highest BCUT2D eigenvalue weighted by molar-refractivity contribution is 14.0. The minimum Gasteiger partial charge on any atom is -0.370 e. The highest BCUT2D eigenvalue weighted by Crippen LogP contribution is 2.24. The number of hydrogen-bond acceptors (Lipinski definition) is 5. The van der Waals surface area contributed by atoms with Gasteiger partial charge in [-0.1, -0.05) is 13.8 Å². The van der Waals surface area contributed by atoms with Crippen LogP contribution in [0.15, 0.2) is 17.4 Å². The van der Waals surface area contributed by atoms with Crippen molar-refractivity contribution in [2.75, 3.05) is 44.8 Å². The third-order valence-electron chi connectivity index (χ3n) is 4.60. The Hall–Kier alpha value is -0.880. The average molecular weight is 527 g/mol. The number of sulfone groups is 1. The number of aryl methyl sites for hydroxylation is 1. The van der Waals surface area contributed by atoms with E-state index in [0.717, 1.165) is 24.6 Å². The van der Waals surface area contributed by atoms with Gasteiger partial charge in [-0.15, -0.1) is 24.0 Å². The van der Waals surface area contributed by atoms with Gasteiger partial charge >= 0.3 is 0 Å². The second kappa shape index (κ2) is 10.8. The van der Waals surface area contributed by atoms with Crippen LogP contribution in [0.3, 0.4) is 0 Å². The van der Waals surface area contributed by atoms with Gasteiger partial charge < -0.3 is 15.0 Å². The zero-order valence-electron chi connectivity index (χ0n) is 17.5. The summed E-state index contributed by atoms with van der Waals surface area (Å²) < 4.78 is 30.6. The van der Waals surface area contributed by atoms with Crippen LogP contribution in [-0.2, 0) is 21.6 Å². The Morgan fingerprint density at radius 2 is 2.18 bits per heavy atom. The van der Waals surface area contributed by atoms with Crippen molar-refractivity contribution in [1.82, 2.24) is 20.0 Å². The molecular weight excluding hydrogens is 493 g/mol. The van der Waals surface area contributed by atoms with Gasteiger partial charge in [0.25, 0.3) is 0 Å². The number of hydrogen-bond donors (Lipinski definition) is 1. The smallest absolute Gasteiger partial charge is 0.194 e. The summed E-state index contributed by atoms with van der Waals surface area (Å²) in [5.74, 6) is 1.04. The molecule has 1 saturated heterocycles. The lowest BCUT2D eigenvalue weighted by Gasteiger charge is -2.35. The summed E-state index contributed by atoms with van der Waals surface area (Å²) in [7, 11) is -1.06. The third kappa shape index (κ3) is 8.24. The summed E-state index contributed by atoms with van der Waals surface area (Å²) >= 11 is 0. The molecule has 0 saturated carbocycles. The van der Waals surface area contributed by atoms with Gasteiger partial charge in [0.2, 0.25) is 0 Å². The van der Waals surface area contributed by atoms with Crippen molar-refractivity contribution in [2.45, 2.75) is 33.3 Å². The van der Waals surface area contributed by atoms with Crippen molar-refractivity contribution >= 4 is 39.8 Å². The van der Waals surface area contributed by atoms with E-state index < -0.39 is 9.84 Å². The highest BCUT2D eigenvalue weighted by atomic mass is 127. The number of nitrogens with zero attached hydrogens (tertiary/aromatic N) is 4. The maximum absolute atomic E-state index is 11.5. The standard InChI is InChI=1S/C18H33N5O3S.HI/c1-6-19-17(20-14-18(2,3)7-10-27(5,24)25)23-8-9-26-16(13-23)15-11-21-22(4)12-15;/h11-12,16H,6-10,13-14H2,1-5H3,(H,19,20);1H. The van der Waals surface area contributed by atoms with Crippen LogP contribution in [0.5, 0.6) is 0 Å². The molecule has 1 unspecified atom stereocenters. The molecule has 8 nitrogen and oxygen atoms in total. The van der Waals surface area contributed by atoms with Gasteiger partial charge in [-0.25, -0.2) is 8.42 Å². The molecule has 1 aromatic heterocycles. The van der Waals surface area contributed by atoms with Gasteiger partial charge in [-0.2, -0.15) is 5.10 Å². The van der Waals surface area contributed by atoms with E-state index in [1.807, 2.05) is 26.4 Å². The fourth-order valence-corrected chi connectivity index (χ4v) is 3.83. The summed E-state index contributed by atoms with van der Waals surface area (Å²) in [4.78, 5) is 7.01. The first-order chi connectivity index (χ1) is 12.6. The second-order valence-electron chi connectivity index (χ2n) is 7.97. The molecule has 1 N–H and O–H groups in total. The van der Waals surface area contributed by atoms with Crippen molar-refractivity contribution in [3.63, 3.8) is 0 Å². The zero-order valence-corrected chi connectivity index (χ0v) is 20.7. The number of aromatic nitrogens is 2. The topological polar surface area (TPSA) is 88.8 Å². The number of ether oxygens (including phenoxy) is 1. The molecule has 0 bridgehead atoms. The normalized spacial score (nSPS) is 18.7. The molecule has 2 rings (SSSR count). The lowest BCUT2D eigenvalue weighted by atomic mass is 9.90. The van der Waals surface area contributed by atoms with E-state index >= 15 is 0 Å². The van der Waals surface area contributed by atoms with E-state index in [1.54, 1.807) is 4.68 Å². The highest BCUT2D eigenvalue weighted by Gasteiger charge is 2.26. The number of rotatable bonds is 7. The van der Waals surface area contributed by atoms with Crippen molar-refractivity contribution < 1.29 is 13.2 Å². The van der Waals surface area contributed by atoms with Gasteiger partial charge in [-0.3, -0.25) is 9.67 Å². The summed E-state index contributed by atoms with van der Waals surface area (Å²) in [6.45, 7) is 9.61. The van der Waals surface area contributed by atoms with Crippen LogP contribution in [0, 0.1) is 5.41 Å². The summed E-state index contributed by atoms with van der Waals surface area (Å²) in [5.41, 5.74) is 0.880. The fourth-order valence-electron chi connectivity index (χ4n) is 2.91. The molecule has 1 aliphatic rings. The Kier molecular flexibility index (Phi) is 9.68. The van der Waals surface area contributed by atoms with Crippen molar-refractivity contribution in [3.05, 3.63) is 18.0 Å². The Labute approximate surface area is 186 Å². The molecule has 0 amide bonds. The van der Waals surface area contributed by atoms with Gasteiger partial charge in [0.1, 0.15) is 15.9 Å². The average Bonchev–Trinajstić information content (AvgIpc) is 3.03. The first-order valence-corrected chi connectivity index (χ1v) is 11.5. The van der Waals surface area contributed by atoms with E-state index in [9.17, 15) is 8.42 Å². The Morgan fingerprint density at radius 1 is 1.46 bits per heavy atom. The SMILES string of the molecule is CCNC(=NCC(C)(C)CCS(C)(=O)=O)N1CCOC(c2cnn(C)c2)C1.I. The Bertz CT molecular complexity index is 748. The van der Waals surface area contributed by atoms with Gasteiger partial charge in [0.05, 0.1) is 25.1 Å². The van der Waals surface area contributed by atoms with E-state index in [4.69, 9.17) is 9.73 Å². The lowest BCUT2D eigenvalue weighted by molar-refractivity contribution is -0.00809. The first kappa shape index (κ1) is 25.2. The summed E-state index contributed by atoms with van der Waals surface area (Å²) in [5, 5.41) is 7.59. The maximum Gasteiger partial charge on any atom is 0.194 e. The van der Waals surface area contributed by atoms with Gasteiger partial charge in [0.15, 0.2) is 5.96 Å². The molecule has 1 aliphatic heterocycles. The van der Waals surface area contributed by atoms with Crippen molar-refractivity contribution in [2.24, 2.45) is 17.5 Å². The molecule has 0 spiro atoms. The lowest BCUT2D eigenvalue weighted by Crippen LogP contribution is -2.48. The number of aliphatic imine (C=N–C) groups is 1. The van der Waals surface area contributed by atoms with Crippen LogP contribution >= 0.6 is 24.0 Å². The molecule has 1 aromatic rings. The van der Waals surface area contributed by atoms with E-state index in [-0.39, 0.29) is 41.2 Å². The largest absolute Gasteiger partial charge is 0.370 e. The van der Waals surface area contributed by atoms with E-state index in [0.29, 0.717) is 26.1 Å². The molecule has 0 aromatic carbocycles.